The first-order valence-electron chi connectivity index (χ1n) is 7.30. The van der Waals surface area contributed by atoms with E-state index in [9.17, 15) is 0 Å². The molecule has 2 N–H and O–H groups in total. The summed E-state index contributed by atoms with van der Waals surface area (Å²) in [4.78, 5) is 0. The molecule has 1 aliphatic carbocycles. The molecule has 0 radical (unpaired) electrons. The number of hydrogen-bond acceptors (Lipinski definition) is 3. The highest BCUT2D eigenvalue weighted by Crippen LogP contribution is 2.17. The lowest BCUT2D eigenvalue weighted by molar-refractivity contribution is 0.412. The van der Waals surface area contributed by atoms with Gasteiger partial charge < -0.3 is 5.32 Å². The Kier molecular flexibility index (Phi) is 5.70. The normalized spacial score (nSPS) is 16.1. The summed E-state index contributed by atoms with van der Waals surface area (Å²) in [6, 6.07) is 9.92. The van der Waals surface area contributed by atoms with Gasteiger partial charge >= 0.3 is 0 Å². The highest BCUT2D eigenvalue weighted by molar-refractivity contribution is 7.80. The van der Waals surface area contributed by atoms with Crippen molar-refractivity contribution >= 4 is 23.0 Å². The zero-order chi connectivity index (χ0) is 15.1. The summed E-state index contributed by atoms with van der Waals surface area (Å²) in [5, 5.41) is 17.0. The Morgan fingerprint density at radius 2 is 1.90 bits per heavy atom. The lowest BCUT2D eigenvalue weighted by atomic mass is 9.96. The molecular weight excluding hydrogens is 280 g/mol. The monoisotopic (exact) mass is 300 g/mol. The van der Waals surface area contributed by atoms with E-state index in [1.165, 1.54) is 32.1 Å². The third-order valence-corrected chi connectivity index (χ3v) is 3.91. The number of hydrazone groups is 1. The minimum atomic E-state index is 0.476. The Bertz CT molecular complexity index is 551. The van der Waals surface area contributed by atoms with Crippen molar-refractivity contribution in [3.63, 3.8) is 0 Å². The molecule has 1 aliphatic rings. The molecule has 0 aromatic heterocycles. The Morgan fingerprint density at radius 3 is 2.52 bits per heavy atom. The first-order valence-corrected chi connectivity index (χ1v) is 7.71. The number of nitrogens with zero attached hydrogens (tertiary/aromatic N) is 2. The van der Waals surface area contributed by atoms with Gasteiger partial charge in [0.25, 0.3) is 0 Å². The van der Waals surface area contributed by atoms with Crippen molar-refractivity contribution in [1.82, 2.24) is 10.7 Å². The van der Waals surface area contributed by atoms with Crippen molar-refractivity contribution < 1.29 is 0 Å². The lowest BCUT2D eigenvalue weighted by Gasteiger charge is -2.23. The molecular formula is C16H20N4S. The maximum absolute atomic E-state index is 8.78. The van der Waals surface area contributed by atoms with Gasteiger partial charge in [-0.2, -0.15) is 10.4 Å². The predicted molar refractivity (Wildman–Crippen MR) is 89.1 cm³/mol. The molecule has 1 aromatic carbocycles. The molecule has 1 aromatic rings. The average molecular weight is 300 g/mol. The largest absolute Gasteiger partial charge is 0.359 e. The van der Waals surface area contributed by atoms with Gasteiger partial charge in [-0.05, 0) is 49.7 Å². The van der Waals surface area contributed by atoms with E-state index in [1.807, 2.05) is 19.1 Å². The molecule has 0 atom stereocenters. The smallest absolute Gasteiger partial charge is 0.187 e. The topological polar surface area (TPSA) is 60.2 Å². The molecule has 1 saturated carbocycles. The van der Waals surface area contributed by atoms with E-state index in [0.29, 0.717) is 16.7 Å². The molecule has 0 saturated heterocycles. The molecule has 5 heteroatoms. The van der Waals surface area contributed by atoms with Gasteiger partial charge in [0.2, 0.25) is 0 Å². The van der Waals surface area contributed by atoms with Crippen molar-refractivity contribution in [3.05, 3.63) is 35.4 Å². The maximum atomic E-state index is 8.78. The second kappa shape index (κ2) is 7.75. The maximum Gasteiger partial charge on any atom is 0.187 e. The predicted octanol–water partition coefficient (Wildman–Crippen LogP) is 3.08. The molecule has 2 rings (SSSR count). The molecule has 1 fully saturated rings. The van der Waals surface area contributed by atoms with Gasteiger partial charge in [0.05, 0.1) is 17.3 Å². The van der Waals surface area contributed by atoms with Crippen LogP contribution in [0.15, 0.2) is 29.4 Å². The summed E-state index contributed by atoms with van der Waals surface area (Å²) in [7, 11) is 0. The zero-order valence-electron chi connectivity index (χ0n) is 12.2. The molecule has 4 nitrogen and oxygen atoms in total. The van der Waals surface area contributed by atoms with E-state index < -0.39 is 0 Å². The van der Waals surface area contributed by atoms with Gasteiger partial charge in [-0.15, -0.1) is 0 Å². The van der Waals surface area contributed by atoms with E-state index in [4.69, 9.17) is 17.5 Å². The highest BCUT2D eigenvalue weighted by Gasteiger charge is 2.13. The molecule has 0 amide bonds. The highest BCUT2D eigenvalue weighted by atomic mass is 32.1. The van der Waals surface area contributed by atoms with Crippen LogP contribution in [0.4, 0.5) is 0 Å². The average Bonchev–Trinajstić information content (AvgIpc) is 2.53. The van der Waals surface area contributed by atoms with Crippen molar-refractivity contribution in [3.8, 4) is 6.07 Å². The van der Waals surface area contributed by atoms with Crippen molar-refractivity contribution in [1.29, 1.82) is 5.26 Å². The van der Waals surface area contributed by atoms with Gasteiger partial charge in [-0.3, -0.25) is 5.43 Å². The van der Waals surface area contributed by atoms with Crippen LogP contribution in [0.25, 0.3) is 0 Å². The molecule has 21 heavy (non-hydrogen) atoms. The van der Waals surface area contributed by atoms with Crippen LogP contribution in [0.2, 0.25) is 0 Å². The summed E-state index contributed by atoms with van der Waals surface area (Å²) in [5.74, 6) is 0. The standard InChI is InChI=1S/C16H20N4S/c1-12(14-9-7-13(11-17)8-10-14)19-20-16(21)18-15-5-3-2-4-6-15/h7-10,15H,2-6H2,1H3,(H2,18,20,21)/b19-12-. The fourth-order valence-corrected chi connectivity index (χ4v) is 2.66. The third kappa shape index (κ3) is 4.83. The minimum absolute atomic E-state index is 0.476. The summed E-state index contributed by atoms with van der Waals surface area (Å²) in [6.45, 7) is 1.91. The van der Waals surface area contributed by atoms with Crippen LogP contribution in [0.5, 0.6) is 0 Å². The van der Waals surface area contributed by atoms with Crippen molar-refractivity contribution in [2.45, 2.75) is 45.1 Å². The van der Waals surface area contributed by atoms with Crippen LogP contribution in [0.3, 0.4) is 0 Å². The molecule has 0 spiro atoms. The Balaban J connectivity index is 1.86. The number of benzene rings is 1. The van der Waals surface area contributed by atoms with Gasteiger partial charge in [-0.25, -0.2) is 0 Å². The van der Waals surface area contributed by atoms with E-state index in [2.05, 4.69) is 21.9 Å². The molecule has 110 valence electrons. The SMILES string of the molecule is C/C(=N/NC(=S)NC1CCCCC1)c1ccc(C#N)cc1. The third-order valence-electron chi connectivity index (χ3n) is 3.70. The second-order valence-electron chi connectivity index (χ2n) is 5.31. The van der Waals surface area contributed by atoms with Gasteiger partial charge in [0.15, 0.2) is 5.11 Å². The number of nitriles is 1. The van der Waals surface area contributed by atoms with E-state index in [0.717, 1.165) is 11.3 Å². The van der Waals surface area contributed by atoms with Gasteiger partial charge in [-0.1, -0.05) is 31.4 Å². The van der Waals surface area contributed by atoms with Crippen LogP contribution < -0.4 is 10.7 Å². The number of hydrogen-bond donors (Lipinski definition) is 2. The van der Waals surface area contributed by atoms with E-state index in [-0.39, 0.29) is 0 Å². The summed E-state index contributed by atoms with van der Waals surface area (Å²) < 4.78 is 0. The molecule has 0 heterocycles. The Labute approximate surface area is 131 Å². The first kappa shape index (κ1) is 15.5. The molecule has 0 bridgehead atoms. The van der Waals surface area contributed by atoms with Crippen molar-refractivity contribution in [2.75, 3.05) is 0 Å². The zero-order valence-corrected chi connectivity index (χ0v) is 13.0. The van der Waals surface area contributed by atoms with Crippen LogP contribution in [0.1, 0.15) is 50.2 Å². The van der Waals surface area contributed by atoms with Crippen molar-refractivity contribution in [2.24, 2.45) is 5.10 Å². The first-order chi connectivity index (χ1) is 10.2. The van der Waals surface area contributed by atoms with E-state index >= 15 is 0 Å². The summed E-state index contributed by atoms with van der Waals surface area (Å²) >= 11 is 5.27. The van der Waals surface area contributed by atoms with Gasteiger partial charge in [0, 0.05) is 6.04 Å². The van der Waals surface area contributed by atoms with Crippen LogP contribution in [-0.4, -0.2) is 16.9 Å². The van der Waals surface area contributed by atoms with E-state index in [1.54, 1.807) is 12.1 Å². The van der Waals surface area contributed by atoms with Crippen LogP contribution >= 0.6 is 12.2 Å². The minimum Gasteiger partial charge on any atom is -0.359 e. The lowest BCUT2D eigenvalue weighted by Crippen LogP contribution is -2.41. The second-order valence-corrected chi connectivity index (χ2v) is 5.71. The summed E-state index contributed by atoms with van der Waals surface area (Å²) in [5.41, 5.74) is 5.36. The quantitative estimate of drug-likeness (QED) is 0.511. The number of nitrogens with one attached hydrogen (secondary N) is 2. The molecule has 0 unspecified atom stereocenters. The summed E-state index contributed by atoms with van der Waals surface area (Å²) in [6.07, 6.45) is 6.23. The van der Waals surface area contributed by atoms with Gasteiger partial charge in [0.1, 0.15) is 0 Å². The molecule has 0 aliphatic heterocycles. The fraction of sp³-hybridized carbons (Fsp3) is 0.438. The van der Waals surface area contributed by atoms with Crippen LogP contribution in [-0.2, 0) is 0 Å². The van der Waals surface area contributed by atoms with Crippen LogP contribution in [0, 0.1) is 11.3 Å². The fourth-order valence-electron chi connectivity index (χ4n) is 2.45. The Morgan fingerprint density at radius 1 is 1.24 bits per heavy atom. The Hall–Kier alpha value is -1.93. The number of thiocarbonyl (C=S) groups is 1. The number of rotatable bonds is 3.